The Hall–Kier alpha value is -1.41. The first kappa shape index (κ1) is 31.5. The Morgan fingerprint density at radius 3 is 1.27 bits per heavy atom. The van der Waals surface area contributed by atoms with Crippen molar-refractivity contribution in [2.75, 3.05) is 6.61 Å². The first-order chi connectivity index (χ1) is 18.3. The summed E-state index contributed by atoms with van der Waals surface area (Å²) >= 11 is 0. The molecule has 1 atom stereocenters. The van der Waals surface area contributed by atoms with Crippen LogP contribution in [0, 0.1) is 5.92 Å². The zero-order valence-electron chi connectivity index (χ0n) is 26.8. The monoisotopic (exact) mass is 564 g/mol. The number of benzene rings is 2. The van der Waals surface area contributed by atoms with Gasteiger partial charge in [0.05, 0.1) is 22.4 Å². The number of hydrogen-bond acceptors (Lipinski definition) is 5. The highest BCUT2D eigenvalue weighted by Crippen LogP contribution is 2.48. The van der Waals surface area contributed by atoms with Crippen molar-refractivity contribution in [1.82, 2.24) is 0 Å². The van der Waals surface area contributed by atoms with Crippen LogP contribution >= 0.6 is 0 Å². The van der Waals surface area contributed by atoms with Crippen LogP contribution in [0.4, 0.5) is 0 Å². The zero-order chi connectivity index (χ0) is 29.8. The molecular weight excluding hydrogens is 514 g/mol. The molecule has 2 aliphatic rings. The Labute approximate surface area is 245 Å². The fourth-order valence-corrected chi connectivity index (χ4v) is 10.6. The predicted molar refractivity (Wildman–Crippen MR) is 169 cm³/mol. The van der Waals surface area contributed by atoms with E-state index in [-0.39, 0.29) is 16.7 Å². The molecule has 0 aromatic heterocycles. The molecule has 2 fully saturated rings. The molecule has 2 saturated heterocycles. The highest BCUT2D eigenvalue weighted by Gasteiger charge is 2.63. The van der Waals surface area contributed by atoms with Gasteiger partial charge in [0.1, 0.15) is 0 Å². The molecule has 0 bridgehead atoms. The SMILES string of the molecule is C[C@@H](CO[Si](c1ccccc1)(c1ccccc1)C(C)(C)C)C(B1OC(C)(C)C(C)(C)O1)B1OC(C)(C)C(C)(C)O1. The van der Waals surface area contributed by atoms with Crippen LogP contribution in [0.15, 0.2) is 60.7 Å². The van der Waals surface area contributed by atoms with E-state index in [0.29, 0.717) is 6.61 Å². The molecule has 2 heterocycles. The van der Waals surface area contributed by atoms with Crippen molar-refractivity contribution < 1.29 is 23.0 Å². The Morgan fingerprint density at radius 1 is 0.650 bits per heavy atom. The van der Waals surface area contributed by atoms with E-state index in [2.05, 4.69) is 144 Å². The van der Waals surface area contributed by atoms with Crippen LogP contribution in [-0.2, 0) is 23.0 Å². The molecule has 0 aliphatic carbocycles. The van der Waals surface area contributed by atoms with Gasteiger partial charge in [0.15, 0.2) is 0 Å². The Morgan fingerprint density at radius 2 is 0.975 bits per heavy atom. The smallest absolute Gasteiger partial charge is 0.407 e. The predicted octanol–water partition coefficient (Wildman–Crippen LogP) is 6.29. The third kappa shape index (κ3) is 5.52. The maximum Gasteiger partial charge on any atom is 0.459 e. The first-order valence-electron chi connectivity index (χ1n) is 14.8. The molecular formula is C32H50B2O5Si. The normalized spacial score (nSPS) is 22.6. The van der Waals surface area contributed by atoms with Crippen molar-refractivity contribution in [1.29, 1.82) is 0 Å². The van der Waals surface area contributed by atoms with Gasteiger partial charge in [-0.15, -0.1) is 0 Å². The van der Waals surface area contributed by atoms with Crippen molar-refractivity contribution in [3.05, 3.63) is 60.7 Å². The maximum atomic E-state index is 7.35. The highest BCUT2D eigenvalue weighted by atomic mass is 28.4. The minimum atomic E-state index is -2.71. The van der Waals surface area contributed by atoms with Gasteiger partial charge in [-0.1, -0.05) is 88.4 Å². The molecule has 0 saturated carbocycles. The lowest BCUT2D eigenvalue weighted by molar-refractivity contribution is 0.00578. The van der Waals surface area contributed by atoms with Crippen LogP contribution < -0.4 is 10.4 Å². The fraction of sp³-hybridized carbons (Fsp3) is 0.625. The van der Waals surface area contributed by atoms with Gasteiger partial charge in [0.25, 0.3) is 8.32 Å². The lowest BCUT2D eigenvalue weighted by Crippen LogP contribution is -2.67. The van der Waals surface area contributed by atoms with Crippen molar-refractivity contribution in [3.8, 4) is 0 Å². The molecule has 0 unspecified atom stereocenters. The lowest BCUT2D eigenvalue weighted by atomic mass is 9.47. The minimum Gasteiger partial charge on any atom is -0.407 e. The van der Waals surface area contributed by atoms with Gasteiger partial charge in [0, 0.05) is 12.3 Å². The van der Waals surface area contributed by atoms with Crippen LogP contribution in [0.3, 0.4) is 0 Å². The summed E-state index contributed by atoms with van der Waals surface area (Å²) in [6, 6.07) is 21.6. The standard InChI is InChI=1S/C32H50B2O5Si/c1-24(23-35-40(28(2,3)4,25-19-15-13-16-20-25)26-21-17-14-18-22-26)27(33-36-29(5,6)30(7,8)37-33)34-38-31(9,10)32(11,12)39-34/h13-22,24,27H,23H2,1-12H3/t24-/m0/s1. The van der Waals surface area contributed by atoms with Crippen LogP contribution in [0.2, 0.25) is 10.8 Å². The summed E-state index contributed by atoms with van der Waals surface area (Å²) in [5, 5.41) is 2.42. The molecule has 40 heavy (non-hydrogen) atoms. The summed E-state index contributed by atoms with van der Waals surface area (Å²) < 4.78 is 33.9. The summed E-state index contributed by atoms with van der Waals surface area (Å²) in [7, 11) is -3.69. The van der Waals surface area contributed by atoms with Gasteiger partial charge in [-0.2, -0.15) is 0 Å². The average molecular weight is 564 g/mol. The van der Waals surface area contributed by atoms with E-state index < -0.39 is 45.0 Å². The molecule has 0 N–H and O–H groups in total. The van der Waals surface area contributed by atoms with Crippen LogP contribution in [0.5, 0.6) is 0 Å². The molecule has 5 nitrogen and oxygen atoms in total. The van der Waals surface area contributed by atoms with Crippen molar-refractivity contribution in [2.45, 2.75) is 116 Å². The van der Waals surface area contributed by atoms with Gasteiger partial charge in [-0.05, 0) is 76.7 Å². The van der Waals surface area contributed by atoms with Gasteiger partial charge in [-0.25, -0.2) is 0 Å². The van der Waals surface area contributed by atoms with Crippen molar-refractivity contribution in [2.24, 2.45) is 5.92 Å². The molecule has 2 aromatic carbocycles. The summed E-state index contributed by atoms with van der Waals surface area (Å²) in [6.45, 7) is 26.4. The van der Waals surface area contributed by atoms with E-state index in [0.717, 1.165) is 0 Å². The van der Waals surface area contributed by atoms with E-state index in [1.807, 2.05) is 0 Å². The summed E-state index contributed by atoms with van der Waals surface area (Å²) in [5.74, 6) is 0.0195. The van der Waals surface area contributed by atoms with E-state index >= 15 is 0 Å². The first-order valence-corrected chi connectivity index (χ1v) is 16.7. The van der Waals surface area contributed by atoms with Crippen LogP contribution in [-0.4, -0.2) is 51.6 Å². The molecule has 0 amide bonds. The largest absolute Gasteiger partial charge is 0.459 e. The fourth-order valence-electron chi connectivity index (χ4n) is 5.89. The van der Waals surface area contributed by atoms with E-state index in [1.54, 1.807) is 0 Å². The third-order valence-electron chi connectivity index (χ3n) is 9.81. The van der Waals surface area contributed by atoms with E-state index in [4.69, 9.17) is 23.0 Å². The van der Waals surface area contributed by atoms with E-state index in [9.17, 15) is 0 Å². The van der Waals surface area contributed by atoms with Crippen LogP contribution in [0.25, 0.3) is 0 Å². The Kier molecular flexibility index (Phi) is 8.43. The van der Waals surface area contributed by atoms with Gasteiger partial charge >= 0.3 is 14.2 Å². The zero-order valence-corrected chi connectivity index (χ0v) is 27.8. The lowest BCUT2D eigenvalue weighted by Gasteiger charge is -2.44. The molecule has 0 spiro atoms. The van der Waals surface area contributed by atoms with Crippen molar-refractivity contribution in [3.63, 3.8) is 0 Å². The summed E-state index contributed by atoms with van der Waals surface area (Å²) in [5.41, 5.74) is -2.03. The molecule has 0 radical (unpaired) electrons. The van der Waals surface area contributed by atoms with Crippen molar-refractivity contribution >= 4 is 32.9 Å². The molecule has 8 heteroatoms. The summed E-state index contributed by atoms with van der Waals surface area (Å²) in [4.78, 5) is 0. The van der Waals surface area contributed by atoms with Gasteiger partial charge in [-0.3, -0.25) is 0 Å². The van der Waals surface area contributed by atoms with Gasteiger partial charge < -0.3 is 23.0 Å². The molecule has 4 rings (SSSR count). The number of rotatable bonds is 8. The quantitative estimate of drug-likeness (QED) is 0.353. The Bertz CT molecular complexity index is 1040. The Balaban J connectivity index is 1.73. The highest BCUT2D eigenvalue weighted by molar-refractivity contribution is 6.99. The molecule has 2 aromatic rings. The molecule has 2 aliphatic heterocycles. The second kappa shape index (κ2) is 10.7. The molecule has 218 valence electrons. The second-order valence-corrected chi connectivity index (χ2v) is 19.1. The average Bonchev–Trinajstić information content (AvgIpc) is 3.18. The summed E-state index contributed by atoms with van der Waals surface area (Å²) in [6.07, 6.45) is 0. The third-order valence-corrected chi connectivity index (χ3v) is 14.8. The van der Waals surface area contributed by atoms with E-state index in [1.165, 1.54) is 10.4 Å². The topological polar surface area (TPSA) is 46.2 Å². The second-order valence-electron chi connectivity index (χ2n) is 14.8. The van der Waals surface area contributed by atoms with Crippen LogP contribution in [0.1, 0.15) is 83.1 Å². The van der Waals surface area contributed by atoms with Gasteiger partial charge in [0.2, 0.25) is 0 Å². The maximum absolute atomic E-state index is 7.35. The number of hydrogen-bond donors (Lipinski definition) is 0. The minimum absolute atomic E-state index is 0.0195.